The summed E-state index contributed by atoms with van der Waals surface area (Å²) in [6.45, 7) is 2.53. The van der Waals surface area contributed by atoms with Crippen LogP contribution in [0.4, 0.5) is 18.9 Å². The number of halogens is 3. The van der Waals surface area contributed by atoms with Crippen molar-refractivity contribution in [2.45, 2.75) is 19.8 Å². The molecule has 2 aromatic carbocycles. The molecule has 28 heavy (non-hydrogen) atoms. The second kappa shape index (κ2) is 9.63. The molecule has 0 spiro atoms. The maximum atomic E-state index is 12.5. The number of alkyl halides is 3. The number of anilines is 1. The first-order valence-electron chi connectivity index (χ1n) is 8.52. The smallest absolute Gasteiger partial charge is 0.404 e. The van der Waals surface area contributed by atoms with E-state index in [4.69, 9.17) is 5.73 Å². The fourth-order valence-electron chi connectivity index (χ4n) is 2.39. The molecular formula is C19H21F3N4O2. The van der Waals surface area contributed by atoms with Crippen LogP contribution in [0.3, 0.4) is 0 Å². The van der Waals surface area contributed by atoms with Gasteiger partial charge in [0.15, 0.2) is 11.7 Å². The number of aliphatic imine (C=N–C) groups is 1. The molecule has 0 bridgehead atoms. The molecule has 150 valence electrons. The standard InChI is InChI=1S/C19H21F3N4O2/c1-2-26(13-14-8-4-3-5-9-14)17(27)12-24-18(23)25-15-10-6-7-11-16(15)28-19(20,21)22/h3-11H,2,12-13H2,1H3,(H3,23,24,25). The van der Waals surface area contributed by atoms with E-state index in [0.717, 1.165) is 11.6 Å². The average molecular weight is 394 g/mol. The SMILES string of the molecule is CCN(Cc1ccccc1)C(=O)CN=C(N)Nc1ccccc1OC(F)(F)F. The minimum absolute atomic E-state index is 0.00911. The van der Waals surface area contributed by atoms with Gasteiger partial charge in [0.05, 0.1) is 5.69 Å². The van der Waals surface area contributed by atoms with E-state index >= 15 is 0 Å². The van der Waals surface area contributed by atoms with Gasteiger partial charge < -0.3 is 20.7 Å². The van der Waals surface area contributed by atoms with Crippen molar-refractivity contribution in [3.63, 3.8) is 0 Å². The van der Waals surface area contributed by atoms with Crippen molar-refractivity contribution in [2.75, 3.05) is 18.4 Å². The van der Waals surface area contributed by atoms with E-state index in [-0.39, 0.29) is 24.1 Å². The molecule has 0 saturated heterocycles. The number of hydrogen-bond acceptors (Lipinski definition) is 3. The van der Waals surface area contributed by atoms with Gasteiger partial charge in [-0.3, -0.25) is 4.79 Å². The third-order valence-electron chi connectivity index (χ3n) is 3.71. The molecule has 3 N–H and O–H groups in total. The van der Waals surface area contributed by atoms with Crippen molar-refractivity contribution in [2.24, 2.45) is 10.7 Å². The molecule has 9 heteroatoms. The van der Waals surface area contributed by atoms with E-state index < -0.39 is 12.1 Å². The Balaban J connectivity index is 1.99. The molecule has 0 radical (unpaired) electrons. The summed E-state index contributed by atoms with van der Waals surface area (Å²) in [5.74, 6) is -0.892. The van der Waals surface area contributed by atoms with Crippen LogP contribution in [-0.4, -0.2) is 36.2 Å². The van der Waals surface area contributed by atoms with Gasteiger partial charge in [-0.1, -0.05) is 42.5 Å². The van der Waals surface area contributed by atoms with Gasteiger partial charge in [0.1, 0.15) is 6.54 Å². The summed E-state index contributed by atoms with van der Waals surface area (Å²) in [4.78, 5) is 17.9. The first kappa shape index (κ1) is 21.1. The number of guanidine groups is 1. The maximum Gasteiger partial charge on any atom is 0.573 e. The number of likely N-dealkylation sites (N-methyl/N-ethyl adjacent to an activating group) is 1. The quantitative estimate of drug-likeness (QED) is 0.558. The molecule has 1 amide bonds. The Labute approximate surface area is 160 Å². The summed E-state index contributed by atoms with van der Waals surface area (Å²) in [7, 11) is 0. The number of para-hydroxylation sites is 2. The van der Waals surface area contributed by atoms with Gasteiger partial charge in [-0.15, -0.1) is 13.2 Å². The summed E-state index contributed by atoms with van der Waals surface area (Å²) < 4.78 is 41.3. The highest BCUT2D eigenvalue weighted by Crippen LogP contribution is 2.29. The summed E-state index contributed by atoms with van der Waals surface area (Å²) in [6.07, 6.45) is -4.83. The van der Waals surface area contributed by atoms with Crippen LogP contribution in [0.25, 0.3) is 0 Å². The van der Waals surface area contributed by atoms with E-state index in [2.05, 4.69) is 15.0 Å². The highest BCUT2D eigenvalue weighted by Gasteiger charge is 2.32. The van der Waals surface area contributed by atoms with Crippen LogP contribution < -0.4 is 15.8 Å². The summed E-state index contributed by atoms with van der Waals surface area (Å²) in [5, 5.41) is 2.53. The normalized spacial score (nSPS) is 11.8. The Hall–Kier alpha value is -3.23. The van der Waals surface area contributed by atoms with Gasteiger partial charge in [-0.25, -0.2) is 4.99 Å². The van der Waals surface area contributed by atoms with Crippen LogP contribution in [-0.2, 0) is 11.3 Å². The van der Waals surface area contributed by atoms with E-state index in [1.807, 2.05) is 37.3 Å². The first-order valence-corrected chi connectivity index (χ1v) is 8.52. The average Bonchev–Trinajstić information content (AvgIpc) is 2.65. The molecule has 0 aliphatic rings. The minimum Gasteiger partial charge on any atom is -0.404 e. The highest BCUT2D eigenvalue weighted by molar-refractivity contribution is 5.95. The minimum atomic E-state index is -4.83. The lowest BCUT2D eigenvalue weighted by atomic mass is 10.2. The van der Waals surface area contributed by atoms with Crippen molar-refractivity contribution in [3.8, 4) is 5.75 Å². The molecule has 2 aromatic rings. The summed E-state index contributed by atoms with van der Waals surface area (Å²) in [5.41, 5.74) is 6.68. The fourth-order valence-corrected chi connectivity index (χ4v) is 2.39. The van der Waals surface area contributed by atoms with Gasteiger partial charge in [-0.05, 0) is 24.6 Å². The van der Waals surface area contributed by atoms with Crippen LogP contribution in [0.1, 0.15) is 12.5 Å². The number of nitrogens with two attached hydrogens (primary N) is 1. The molecule has 0 aliphatic carbocycles. The van der Waals surface area contributed by atoms with Crippen LogP contribution in [0.2, 0.25) is 0 Å². The zero-order valence-corrected chi connectivity index (χ0v) is 15.2. The molecule has 0 saturated carbocycles. The van der Waals surface area contributed by atoms with E-state index in [1.54, 1.807) is 4.90 Å². The van der Waals surface area contributed by atoms with Crippen molar-refractivity contribution >= 4 is 17.6 Å². The number of nitrogens with one attached hydrogen (secondary N) is 1. The lowest BCUT2D eigenvalue weighted by Gasteiger charge is -2.20. The second-order valence-corrected chi connectivity index (χ2v) is 5.76. The predicted molar refractivity (Wildman–Crippen MR) is 101 cm³/mol. The third-order valence-corrected chi connectivity index (χ3v) is 3.71. The van der Waals surface area contributed by atoms with Crippen molar-refractivity contribution < 1.29 is 22.7 Å². The molecule has 0 heterocycles. The largest absolute Gasteiger partial charge is 0.573 e. The van der Waals surface area contributed by atoms with Crippen molar-refractivity contribution in [3.05, 3.63) is 60.2 Å². The van der Waals surface area contributed by atoms with E-state index in [9.17, 15) is 18.0 Å². The van der Waals surface area contributed by atoms with E-state index in [1.165, 1.54) is 18.2 Å². The van der Waals surface area contributed by atoms with Gasteiger partial charge >= 0.3 is 6.36 Å². The molecule has 6 nitrogen and oxygen atoms in total. The topological polar surface area (TPSA) is 80.0 Å². The molecule has 0 atom stereocenters. The van der Waals surface area contributed by atoms with Crippen LogP contribution in [0.15, 0.2) is 59.6 Å². The monoisotopic (exact) mass is 394 g/mol. The van der Waals surface area contributed by atoms with E-state index in [0.29, 0.717) is 13.1 Å². The number of ether oxygens (including phenoxy) is 1. The Bertz CT molecular complexity index is 810. The van der Waals surface area contributed by atoms with Gasteiger partial charge in [0.2, 0.25) is 5.91 Å². The van der Waals surface area contributed by atoms with Crippen molar-refractivity contribution in [1.29, 1.82) is 0 Å². The van der Waals surface area contributed by atoms with Gasteiger partial charge in [-0.2, -0.15) is 0 Å². The lowest BCUT2D eigenvalue weighted by molar-refractivity contribution is -0.274. The number of benzene rings is 2. The number of carbonyl (C=O) groups excluding carboxylic acids is 1. The second-order valence-electron chi connectivity index (χ2n) is 5.76. The Morgan fingerprint density at radius 1 is 1.14 bits per heavy atom. The predicted octanol–water partition coefficient (Wildman–Crippen LogP) is 3.36. The third kappa shape index (κ3) is 6.82. The number of hydrogen-bond donors (Lipinski definition) is 2. The molecule has 0 aliphatic heterocycles. The Kier molecular flexibility index (Phi) is 7.25. The maximum absolute atomic E-state index is 12.5. The van der Waals surface area contributed by atoms with Gasteiger partial charge in [0.25, 0.3) is 0 Å². The Morgan fingerprint density at radius 2 is 1.79 bits per heavy atom. The van der Waals surface area contributed by atoms with Crippen LogP contribution in [0.5, 0.6) is 5.75 Å². The fraction of sp³-hybridized carbons (Fsp3) is 0.263. The summed E-state index contributed by atoms with van der Waals surface area (Å²) >= 11 is 0. The Morgan fingerprint density at radius 3 is 2.43 bits per heavy atom. The number of nitrogens with zero attached hydrogens (tertiary/aromatic N) is 2. The number of carbonyl (C=O) groups is 1. The number of amides is 1. The van der Waals surface area contributed by atoms with Gasteiger partial charge in [0, 0.05) is 13.1 Å². The lowest BCUT2D eigenvalue weighted by Crippen LogP contribution is -2.33. The molecule has 2 rings (SSSR count). The zero-order chi connectivity index (χ0) is 20.6. The number of rotatable bonds is 7. The highest BCUT2D eigenvalue weighted by atomic mass is 19.4. The molecule has 0 fully saturated rings. The summed E-state index contributed by atoms with van der Waals surface area (Å²) in [6, 6.07) is 14.9. The zero-order valence-electron chi connectivity index (χ0n) is 15.2. The van der Waals surface area contributed by atoms with Crippen LogP contribution in [0, 0.1) is 0 Å². The molecule has 0 aromatic heterocycles. The molecular weight excluding hydrogens is 373 g/mol. The first-order chi connectivity index (χ1) is 13.3. The van der Waals surface area contributed by atoms with Crippen molar-refractivity contribution in [1.82, 2.24) is 4.90 Å². The van der Waals surface area contributed by atoms with Crippen LogP contribution >= 0.6 is 0 Å². The molecule has 0 unspecified atom stereocenters.